The molecular formula is C10H12Cl2N2O3S. The summed E-state index contributed by atoms with van der Waals surface area (Å²) in [7, 11) is -3.79. The van der Waals surface area contributed by atoms with Gasteiger partial charge in [0.05, 0.1) is 16.8 Å². The number of β-amino-alcohol motifs (C(OH)–C–C–N with tert-alkyl or cyclic N) is 1. The number of nitrogens with two attached hydrogens (primary N) is 1. The molecule has 1 aromatic rings. The number of sulfonamides is 1. The molecular weight excluding hydrogens is 299 g/mol. The van der Waals surface area contributed by atoms with Gasteiger partial charge in [-0.15, -0.1) is 0 Å². The molecule has 0 radical (unpaired) electrons. The van der Waals surface area contributed by atoms with Crippen molar-refractivity contribution in [3.8, 4) is 0 Å². The molecule has 1 heterocycles. The lowest BCUT2D eigenvalue weighted by atomic mass is 10.3. The summed E-state index contributed by atoms with van der Waals surface area (Å²) < 4.78 is 25.9. The summed E-state index contributed by atoms with van der Waals surface area (Å²) in [5.41, 5.74) is 5.68. The minimum Gasteiger partial charge on any atom is -0.398 e. The van der Waals surface area contributed by atoms with E-state index in [1.807, 2.05) is 0 Å². The lowest BCUT2D eigenvalue weighted by molar-refractivity contribution is 0.189. The summed E-state index contributed by atoms with van der Waals surface area (Å²) in [6, 6.07) is 2.67. The van der Waals surface area contributed by atoms with Gasteiger partial charge in [0.2, 0.25) is 10.0 Å². The molecule has 100 valence electrons. The van der Waals surface area contributed by atoms with Crippen molar-refractivity contribution in [1.29, 1.82) is 0 Å². The molecule has 8 heteroatoms. The van der Waals surface area contributed by atoms with E-state index in [1.54, 1.807) is 0 Å². The molecule has 0 aliphatic carbocycles. The second kappa shape index (κ2) is 4.86. The first-order valence-electron chi connectivity index (χ1n) is 5.25. The Morgan fingerprint density at radius 2 is 2.06 bits per heavy atom. The second-order valence-corrected chi connectivity index (χ2v) is 6.83. The van der Waals surface area contributed by atoms with E-state index in [0.29, 0.717) is 6.42 Å². The highest BCUT2D eigenvalue weighted by Crippen LogP contribution is 2.34. The van der Waals surface area contributed by atoms with Gasteiger partial charge in [-0.2, -0.15) is 4.31 Å². The van der Waals surface area contributed by atoms with E-state index in [-0.39, 0.29) is 33.7 Å². The molecule has 1 atom stereocenters. The van der Waals surface area contributed by atoms with Crippen LogP contribution in [-0.4, -0.2) is 37.0 Å². The number of aliphatic hydroxyl groups is 1. The molecule has 0 unspecified atom stereocenters. The van der Waals surface area contributed by atoms with Crippen LogP contribution in [0, 0.1) is 0 Å². The zero-order valence-electron chi connectivity index (χ0n) is 9.31. The Kier molecular flexibility index (Phi) is 3.75. The fourth-order valence-corrected chi connectivity index (χ4v) is 4.35. The number of hydrogen-bond donors (Lipinski definition) is 2. The molecule has 1 aromatic carbocycles. The third kappa shape index (κ3) is 2.44. The van der Waals surface area contributed by atoms with Gasteiger partial charge in [0, 0.05) is 18.1 Å². The van der Waals surface area contributed by atoms with Crippen molar-refractivity contribution in [3.05, 3.63) is 22.2 Å². The first kappa shape index (κ1) is 13.9. The summed E-state index contributed by atoms with van der Waals surface area (Å²) >= 11 is 11.6. The topological polar surface area (TPSA) is 83.6 Å². The van der Waals surface area contributed by atoms with Crippen LogP contribution in [0.15, 0.2) is 17.0 Å². The van der Waals surface area contributed by atoms with Gasteiger partial charge in [0.15, 0.2) is 0 Å². The summed E-state index contributed by atoms with van der Waals surface area (Å²) in [4.78, 5) is -0.150. The van der Waals surface area contributed by atoms with Crippen molar-refractivity contribution < 1.29 is 13.5 Å². The fraction of sp³-hybridized carbons (Fsp3) is 0.400. The van der Waals surface area contributed by atoms with E-state index in [1.165, 1.54) is 16.4 Å². The number of nitrogens with zero attached hydrogens (tertiary/aromatic N) is 1. The number of nitrogen functional groups attached to an aromatic ring is 1. The Hall–Kier alpha value is -0.530. The first-order chi connectivity index (χ1) is 8.32. The van der Waals surface area contributed by atoms with E-state index in [4.69, 9.17) is 28.9 Å². The summed E-state index contributed by atoms with van der Waals surface area (Å²) in [6.07, 6.45) is -0.239. The van der Waals surface area contributed by atoms with Crippen molar-refractivity contribution in [1.82, 2.24) is 4.31 Å². The molecule has 1 fully saturated rings. The van der Waals surface area contributed by atoms with Crippen molar-refractivity contribution in [2.75, 3.05) is 18.8 Å². The Morgan fingerprint density at radius 3 is 2.56 bits per heavy atom. The molecule has 1 aliphatic heterocycles. The normalized spacial score (nSPS) is 21.4. The third-order valence-corrected chi connectivity index (χ3v) is 5.37. The standard InChI is InChI=1S/C10H12Cl2N2O3S/c11-6-3-8(12)10(9(13)4-6)18(16,17)14-2-1-7(15)5-14/h3-4,7,15H,1-2,5,13H2/t7-/m1/s1. The second-order valence-electron chi connectivity index (χ2n) is 4.11. The molecule has 0 spiro atoms. The number of halogens is 2. The molecule has 3 N–H and O–H groups in total. The van der Waals surface area contributed by atoms with Gasteiger partial charge in [0.25, 0.3) is 0 Å². The largest absolute Gasteiger partial charge is 0.398 e. The molecule has 1 saturated heterocycles. The Balaban J connectivity index is 2.48. The van der Waals surface area contributed by atoms with E-state index in [2.05, 4.69) is 0 Å². The maximum atomic E-state index is 12.3. The molecule has 0 amide bonds. The van der Waals surface area contributed by atoms with Gasteiger partial charge in [-0.25, -0.2) is 8.42 Å². The van der Waals surface area contributed by atoms with E-state index in [9.17, 15) is 13.5 Å². The third-order valence-electron chi connectivity index (χ3n) is 2.76. The molecule has 5 nitrogen and oxygen atoms in total. The zero-order chi connectivity index (χ0) is 13.5. The quantitative estimate of drug-likeness (QED) is 0.807. The molecule has 18 heavy (non-hydrogen) atoms. The molecule has 0 aromatic heterocycles. The van der Waals surface area contributed by atoms with Crippen LogP contribution in [0.4, 0.5) is 5.69 Å². The monoisotopic (exact) mass is 310 g/mol. The van der Waals surface area contributed by atoms with Gasteiger partial charge in [-0.1, -0.05) is 23.2 Å². The van der Waals surface area contributed by atoms with Gasteiger partial charge >= 0.3 is 0 Å². The van der Waals surface area contributed by atoms with Gasteiger partial charge in [-0.3, -0.25) is 0 Å². The Morgan fingerprint density at radius 1 is 1.39 bits per heavy atom. The predicted molar refractivity (Wildman–Crippen MR) is 70.3 cm³/mol. The number of anilines is 1. The highest BCUT2D eigenvalue weighted by molar-refractivity contribution is 7.89. The summed E-state index contributed by atoms with van der Waals surface area (Å²) in [6.45, 7) is 0.308. The lowest BCUT2D eigenvalue weighted by Crippen LogP contribution is -2.30. The van der Waals surface area contributed by atoms with Crippen LogP contribution in [0.5, 0.6) is 0 Å². The molecule has 1 aliphatic rings. The number of hydrogen-bond acceptors (Lipinski definition) is 4. The summed E-state index contributed by atoms with van der Waals surface area (Å²) in [5.74, 6) is 0. The van der Waals surface area contributed by atoms with E-state index < -0.39 is 16.1 Å². The van der Waals surface area contributed by atoms with Gasteiger partial charge < -0.3 is 10.8 Å². The highest BCUT2D eigenvalue weighted by atomic mass is 35.5. The van der Waals surface area contributed by atoms with Crippen LogP contribution in [-0.2, 0) is 10.0 Å². The maximum Gasteiger partial charge on any atom is 0.246 e. The zero-order valence-corrected chi connectivity index (χ0v) is 11.6. The minimum absolute atomic E-state index is 0.00823. The van der Waals surface area contributed by atoms with Crippen molar-refractivity contribution >= 4 is 38.9 Å². The molecule has 0 bridgehead atoms. The number of rotatable bonds is 2. The van der Waals surface area contributed by atoms with E-state index >= 15 is 0 Å². The lowest BCUT2D eigenvalue weighted by Gasteiger charge is -2.18. The van der Waals surface area contributed by atoms with E-state index in [0.717, 1.165) is 0 Å². The Bertz CT molecular complexity index is 553. The molecule has 0 saturated carbocycles. The Labute approximate surface area is 115 Å². The van der Waals surface area contributed by atoms with Crippen LogP contribution in [0.25, 0.3) is 0 Å². The average Bonchev–Trinajstić information content (AvgIpc) is 2.63. The number of aliphatic hydroxyl groups excluding tert-OH is 1. The fourth-order valence-electron chi connectivity index (χ4n) is 1.91. The highest BCUT2D eigenvalue weighted by Gasteiger charge is 2.34. The van der Waals surface area contributed by atoms with Crippen LogP contribution in [0.1, 0.15) is 6.42 Å². The summed E-state index contributed by atoms with van der Waals surface area (Å²) in [5, 5.41) is 9.66. The van der Waals surface area contributed by atoms with Crippen molar-refractivity contribution in [3.63, 3.8) is 0 Å². The van der Waals surface area contributed by atoms with Crippen LogP contribution in [0.2, 0.25) is 10.0 Å². The van der Waals surface area contributed by atoms with Crippen molar-refractivity contribution in [2.24, 2.45) is 0 Å². The SMILES string of the molecule is Nc1cc(Cl)cc(Cl)c1S(=O)(=O)N1CC[C@@H](O)C1. The predicted octanol–water partition coefficient (Wildman–Crippen LogP) is 1.33. The molecule has 2 rings (SSSR count). The van der Waals surface area contributed by atoms with Crippen LogP contribution >= 0.6 is 23.2 Å². The number of benzene rings is 1. The van der Waals surface area contributed by atoms with Crippen LogP contribution in [0.3, 0.4) is 0 Å². The van der Waals surface area contributed by atoms with Gasteiger partial charge in [0.1, 0.15) is 4.90 Å². The van der Waals surface area contributed by atoms with Crippen molar-refractivity contribution in [2.45, 2.75) is 17.4 Å². The average molecular weight is 311 g/mol. The van der Waals surface area contributed by atoms with Gasteiger partial charge in [-0.05, 0) is 18.6 Å². The minimum atomic E-state index is -3.79. The first-order valence-corrected chi connectivity index (χ1v) is 7.44. The van der Waals surface area contributed by atoms with Crippen LogP contribution < -0.4 is 5.73 Å². The smallest absolute Gasteiger partial charge is 0.246 e. The maximum absolute atomic E-state index is 12.3.